The van der Waals surface area contributed by atoms with Gasteiger partial charge in [-0.15, -0.1) is 0 Å². The molecule has 3 nitrogen and oxygen atoms in total. The first-order chi connectivity index (χ1) is 9.70. The standard InChI is InChI=1S/C17H29NO2/c1-2-6-16(7-4-10-18-13-16)15(19)14-5-11-20-17(12-14)8-3-9-17/h14,18H,2-13H2,1H3. The van der Waals surface area contributed by atoms with Crippen LogP contribution in [-0.2, 0) is 9.53 Å². The molecule has 0 amide bonds. The number of carbonyl (C=O) groups is 1. The lowest BCUT2D eigenvalue weighted by atomic mass is 9.64. The number of ketones is 1. The second-order valence-corrected chi connectivity index (χ2v) is 7.25. The molecule has 114 valence electrons. The second-order valence-electron chi connectivity index (χ2n) is 7.25. The molecule has 2 unspecified atom stereocenters. The maximum atomic E-state index is 13.2. The molecule has 0 radical (unpaired) electrons. The lowest BCUT2D eigenvalue weighted by molar-refractivity contribution is -0.162. The van der Waals surface area contributed by atoms with E-state index in [1.54, 1.807) is 0 Å². The summed E-state index contributed by atoms with van der Waals surface area (Å²) < 4.78 is 5.99. The molecule has 3 heteroatoms. The Morgan fingerprint density at radius 2 is 2.15 bits per heavy atom. The van der Waals surface area contributed by atoms with E-state index in [0.29, 0.717) is 5.78 Å². The minimum absolute atomic E-state index is 0.0695. The third-order valence-corrected chi connectivity index (χ3v) is 5.85. The molecule has 1 N–H and O–H groups in total. The van der Waals surface area contributed by atoms with Crippen molar-refractivity contribution in [1.82, 2.24) is 5.32 Å². The van der Waals surface area contributed by atoms with E-state index >= 15 is 0 Å². The first-order valence-corrected chi connectivity index (χ1v) is 8.59. The fourth-order valence-electron chi connectivity index (χ4n) is 4.60. The topological polar surface area (TPSA) is 38.3 Å². The summed E-state index contributed by atoms with van der Waals surface area (Å²) in [5.41, 5.74) is 0.0218. The van der Waals surface area contributed by atoms with E-state index in [-0.39, 0.29) is 16.9 Å². The van der Waals surface area contributed by atoms with Crippen LogP contribution < -0.4 is 5.32 Å². The maximum absolute atomic E-state index is 13.2. The molecule has 1 spiro atoms. The van der Waals surface area contributed by atoms with Gasteiger partial charge in [-0.25, -0.2) is 0 Å². The fraction of sp³-hybridized carbons (Fsp3) is 0.941. The number of carbonyl (C=O) groups excluding carboxylic acids is 1. The van der Waals surface area contributed by atoms with Crippen LogP contribution in [0.3, 0.4) is 0 Å². The van der Waals surface area contributed by atoms with Crippen LogP contribution in [0.25, 0.3) is 0 Å². The molecule has 0 bridgehead atoms. The molecular formula is C17H29NO2. The van der Waals surface area contributed by atoms with Gasteiger partial charge in [0.15, 0.2) is 0 Å². The highest BCUT2D eigenvalue weighted by Crippen LogP contribution is 2.47. The van der Waals surface area contributed by atoms with Gasteiger partial charge in [-0.3, -0.25) is 4.79 Å². The highest BCUT2D eigenvalue weighted by Gasteiger charge is 2.48. The van der Waals surface area contributed by atoms with Gasteiger partial charge in [0.05, 0.1) is 5.60 Å². The third-order valence-electron chi connectivity index (χ3n) is 5.85. The molecule has 2 aliphatic heterocycles. The van der Waals surface area contributed by atoms with Crippen LogP contribution in [0.1, 0.15) is 64.7 Å². The Morgan fingerprint density at radius 1 is 1.30 bits per heavy atom. The van der Waals surface area contributed by atoms with Crippen LogP contribution in [0.15, 0.2) is 0 Å². The van der Waals surface area contributed by atoms with Gasteiger partial charge in [-0.2, -0.15) is 0 Å². The summed E-state index contributed by atoms with van der Waals surface area (Å²) in [7, 11) is 0. The van der Waals surface area contributed by atoms with Crippen molar-refractivity contribution in [2.45, 2.75) is 70.3 Å². The van der Waals surface area contributed by atoms with Crippen LogP contribution >= 0.6 is 0 Å². The Bertz CT molecular complexity index is 350. The van der Waals surface area contributed by atoms with Gasteiger partial charge in [0.1, 0.15) is 5.78 Å². The van der Waals surface area contributed by atoms with E-state index in [1.807, 2.05) is 0 Å². The van der Waals surface area contributed by atoms with Gasteiger partial charge >= 0.3 is 0 Å². The summed E-state index contributed by atoms with van der Waals surface area (Å²) in [6, 6.07) is 0. The zero-order valence-electron chi connectivity index (χ0n) is 12.9. The fourth-order valence-corrected chi connectivity index (χ4v) is 4.60. The average Bonchev–Trinajstić information content (AvgIpc) is 2.46. The van der Waals surface area contributed by atoms with Gasteiger partial charge in [-0.1, -0.05) is 13.3 Å². The molecule has 1 aliphatic carbocycles. The van der Waals surface area contributed by atoms with Crippen LogP contribution in [0.2, 0.25) is 0 Å². The third kappa shape index (κ3) is 2.55. The lowest BCUT2D eigenvalue weighted by Gasteiger charge is -2.49. The summed E-state index contributed by atoms with van der Waals surface area (Å²) in [5, 5.41) is 3.48. The second kappa shape index (κ2) is 5.76. The SMILES string of the molecule is CCCC1(C(=O)C2CCOC3(CCC3)C2)CCCNC1. The van der Waals surface area contributed by atoms with Gasteiger partial charge in [0.2, 0.25) is 0 Å². The van der Waals surface area contributed by atoms with E-state index < -0.39 is 0 Å². The molecular weight excluding hydrogens is 250 g/mol. The summed E-state index contributed by atoms with van der Waals surface area (Å²) >= 11 is 0. The number of rotatable bonds is 4. The molecule has 0 aromatic heterocycles. The normalized spacial score (nSPS) is 36.5. The highest BCUT2D eigenvalue weighted by molar-refractivity contribution is 5.87. The van der Waals surface area contributed by atoms with Crippen molar-refractivity contribution in [2.24, 2.45) is 11.3 Å². The van der Waals surface area contributed by atoms with Gasteiger partial charge in [0, 0.05) is 24.5 Å². The Labute approximate surface area is 122 Å². The number of hydrogen-bond acceptors (Lipinski definition) is 3. The van der Waals surface area contributed by atoms with Crippen LogP contribution in [0, 0.1) is 11.3 Å². The van der Waals surface area contributed by atoms with Crippen molar-refractivity contribution in [1.29, 1.82) is 0 Å². The molecule has 2 atom stereocenters. The average molecular weight is 279 g/mol. The van der Waals surface area contributed by atoms with Crippen LogP contribution in [-0.4, -0.2) is 31.1 Å². The summed E-state index contributed by atoms with van der Waals surface area (Å²) in [4.78, 5) is 13.2. The van der Waals surface area contributed by atoms with Gasteiger partial charge < -0.3 is 10.1 Å². The zero-order chi connectivity index (χ0) is 14.1. The summed E-state index contributed by atoms with van der Waals surface area (Å²) in [6.45, 7) is 4.99. The van der Waals surface area contributed by atoms with Crippen molar-refractivity contribution >= 4 is 5.78 Å². The van der Waals surface area contributed by atoms with Gasteiger partial charge in [-0.05, 0) is 57.9 Å². The number of ether oxygens (including phenoxy) is 1. The minimum Gasteiger partial charge on any atom is -0.375 e. The molecule has 3 rings (SSSR count). The van der Waals surface area contributed by atoms with Crippen molar-refractivity contribution in [3.8, 4) is 0 Å². The molecule has 2 heterocycles. The molecule has 0 aromatic rings. The molecule has 3 aliphatic rings. The first kappa shape index (κ1) is 14.5. The maximum Gasteiger partial charge on any atom is 0.143 e. The minimum atomic E-state index is -0.0695. The Balaban J connectivity index is 1.71. The lowest BCUT2D eigenvalue weighted by Crippen LogP contribution is -2.52. The van der Waals surface area contributed by atoms with Gasteiger partial charge in [0.25, 0.3) is 0 Å². The number of nitrogens with one attached hydrogen (secondary N) is 1. The largest absolute Gasteiger partial charge is 0.375 e. The molecule has 1 saturated carbocycles. The molecule has 2 saturated heterocycles. The predicted octanol–water partition coefficient (Wildman–Crippen LogP) is 3.07. The Morgan fingerprint density at radius 3 is 2.75 bits per heavy atom. The van der Waals surface area contributed by atoms with Crippen LogP contribution in [0.4, 0.5) is 0 Å². The number of Topliss-reactive ketones (excluding diaryl/α,β-unsaturated/α-hetero) is 1. The first-order valence-electron chi connectivity index (χ1n) is 8.59. The molecule has 0 aromatic carbocycles. The molecule has 20 heavy (non-hydrogen) atoms. The Hall–Kier alpha value is -0.410. The zero-order valence-corrected chi connectivity index (χ0v) is 12.9. The van der Waals surface area contributed by atoms with E-state index in [0.717, 1.165) is 58.2 Å². The highest BCUT2D eigenvalue weighted by atomic mass is 16.5. The predicted molar refractivity (Wildman–Crippen MR) is 79.7 cm³/mol. The van der Waals surface area contributed by atoms with E-state index in [2.05, 4.69) is 12.2 Å². The Kier molecular flexibility index (Phi) is 4.19. The van der Waals surface area contributed by atoms with Crippen molar-refractivity contribution < 1.29 is 9.53 Å². The quantitative estimate of drug-likeness (QED) is 0.859. The van der Waals surface area contributed by atoms with Crippen molar-refractivity contribution in [3.05, 3.63) is 0 Å². The number of hydrogen-bond donors (Lipinski definition) is 1. The summed E-state index contributed by atoms with van der Waals surface area (Å²) in [6.07, 6.45) is 10.00. The van der Waals surface area contributed by atoms with E-state index in [1.165, 1.54) is 19.3 Å². The van der Waals surface area contributed by atoms with E-state index in [4.69, 9.17) is 4.74 Å². The van der Waals surface area contributed by atoms with Crippen LogP contribution in [0.5, 0.6) is 0 Å². The number of piperidine rings is 1. The smallest absolute Gasteiger partial charge is 0.143 e. The van der Waals surface area contributed by atoms with E-state index in [9.17, 15) is 4.79 Å². The van der Waals surface area contributed by atoms with Crippen molar-refractivity contribution in [3.63, 3.8) is 0 Å². The summed E-state index contributed by atoms with van der Waals surface area (Å²) in [5.74, 6) is 0.816. The monoisotopic (exact) mass is 279 g/mol. The van der Waals surface area contributed by atoms with Crippen molar-refractivity contribution in [2.75, 3.05) is 19.7 Å². The molecule has 3 fully saturated rings.